The molecule has 4 aromatic rings. The molecule has 1 unspecified atom stereocenters. The Balaban J connectivity index is 1.18. The van der Waals surface area contributed by atoms with Crippen molar-refractivity contribution >= 4 is 0 Å². The summed E-state index contributed by atoms with van der Waals surface area (Å²) in [6, 6.07) is 47.8. The first-order valence-electron chi connectivity index (χ1n) is 25.1. The highest BCUT2D eigenvalue weighted by molar-refractivity contribution is 5.99. The Morgan fingerprint density at radius 2 is 0.689 bits per heavy atom. The van der Waals surface area contributed by atoms with Crippen molar-refractivity contribution < 1.29 is 0 Å². The molecule has 0 amide bonds. The van der Waals surface area contributed by atoms with Gasteiger partial charge in [-0.2, -0.15) is 0 Å². The van der Waals surface area contributed by atoms with Crippen LogP contribution in [0.2, 0.25) is 0 Å². The van der Waals surface area contributed by atoms with Crippen LogP contribution in [0.4, 0.5) is 0 Å². The maximum atomic E-state index is 2.66. The minimum absolute atomic E-state index is 0.0207. The van der Waals surface area contributed by atoms with Crippen LogP contribution in [-0.4, -0.2) is 0 Å². The van der Waals surface area contributed by atoms with Crippen LogP contribution in [-0.2, 0) is 10.8 Å². The van der Waals surface area contributed by atoms with Gasteiger partial charge in [0.2, 0.25) is 0 Å². The fourth-order valence-electron chi connectivity index (χ4n) is 11.8. The van der Waals surface area contributed by atoms with Gasteiger partial charge in [0.25, 0.3) is 0 Å². The summed E-state index contributed by atoms with van der Waals surface area (Å²) in [6.07, 6.45) is 27.8. The van der Waals surface area contributed by atoms with Gasteiger partial charge in [-0.1, -0.05) is 246 Å². The number of unbranched alkanes of at least 4 members (excludes halogenated alkanes) is 15. The summed E-state index contributed by atoms with van der Waals surface area (Å²) >= 11 is 0. The molecular formula is C61H74. The van der Waals surface area contributed by atoms with Crippen LogP contribution in [0.25, 0.3) is 55.6 Å². The Hall–Kier alpha value is -4.42. The van der Waals surface area contributed by atoms with E-state index in [1.165, 1.54) is 202 Å². The van der Waals surface area contributed by atoms with Gasteiger partial charge >= 0.3 is 0 Å². The van der Waals surface area contributed by atoms with Gasteiger partial charge in [0.05, 0.1) is 0 Å². The van der Waals surface area contributed by atoms with E-state index in [9.17, 15) is 0 Å². The fraction of sp³-hybridized carbons (Fsp3) is 0.443. The lowest BCUT2D eigenvalue weighted by Gasteiger charge is -2.33. The largest absolute Gasteiger partial charge is 0.0654 e. The number of hydrogen-bond acceptors (Lipinski definition) is 0. The molecule has 0 aliphatic heterocycles. The van der Waals surface area contributed by atoms with E-state index in [4.69, 9.17) is 0 Å². The van der Waals surface area contributed by atoms with Crippen LogP contribution in [0.1, 0.15) is 185 Å². The van der Waals surface area contributed by atoms with Gasteiger partial charge < -0.3 is 0 Å². The van der Waals surface area contributed by atoms with Crippen molar-refractivity contribution in [2.45, 2.75) is 173 Å². The molecule has 0 aromatic heterocycles. The number of benzene rings is 4. The molecule has 0 heterocycles. The SMILES string of the molecule is CCCCCCCCC1(C)c2ccccc2-c2ccc(-c3cc(-c4ccc5c(c4)C(CCCCCCCC)(CCCCCCCC)c4ccccc4-5)c4cccccc3-4)cc21. The third kappa shape index (κ3) is 8.81. The topological polar surface area (TPSA) is 0 Å². The predicted octanol–water partition coefficient (Wildman–Crippen LogP) is 18.9. The van der Waals surface area contributed by atoms with Crippen molar-refractivity contribution in [1.82, 2.24) is 0 Å². The molecule has 4 aromatic carbocycles. The zero-order chi connectivity index (χ0) is 42.1. The van der Waals surface area contributed by atoms with E-state index in [2.05, 4.69) is 149 Å². The van der Waals surface area contributed by atoms with Gasteiger partial charge in [0, 0.05) is 10.8 Å². The zero-order valence-corrected chi connectivity index (χ0v) is 38.4. The minimum atomic E-state index is 0.0207. The quantitative estimate of drug-likeness (QED) is 0.0566. The number of fused-ring (bicyclic) bond motifs is 7. The first-order chi connectivity index (χ1) is 30.0. The summed E-state index contributed by atoms with van der Waals surface area (Å²) in [6.45, 7) is 9.51. The Morgan fingerprint density at radius 3 is 1.25 bits per heavy atom. The van der Waals surface area contributed by atoms with Gasteiger partial charge in [-0.3, -0.25) is 0 Å². The number of hydrogen-bond donors (Lipinski definition) is 0. The van der Waals surface area contributed by atoms with Crippen molar-refractivity contribution in [3.8, 4) is 55.6 Å². The predicted molar refractivity (Wildman–Crippen MR) is 266 cm³/mol. The summed E-state index contributed by atoms with van der Waals surface area (Å²) in [5.41, 5.74) is 20.2. The maximum absolute atomic E-state index is 2.66. The Bertz CT molecular complexity index is 2300. The molecule has 0 saturated heterocycles. The van der Waals surface area contributed by atoms with E-state index in [1.54, 1.807) is 11.1 Å². The lowest BCUT2D eigenvalue weighted by Crippen LogP contribution is -2.25. The van der Waals surface area contributed by atoms with Crippen LogP contribution < -0.4 is 0 Å². The average Bonchev–Trinajstić information content (AvgIpc) is 3.78. The first-order valence-corrected chi connectivity index (χ1v) is 25.1. The second-order valence-corrected chi connectivity index (χ2v) is 19.3. The van der Waals surface area contributed by atoms with Gasteiger partial charge in [-0.05, 0) is 115 Å². The van der Waals surface area contributed by atoms with Crippen molar-refractivity contribution in [2.24, 2.45) is 0 Å². The summed E-state index contributed by atoms with van der Waals surface area (Å²) in [5.74, 6) is 0. The Labute approximate surface area is 371 Å². The zero-order valence-electron chi connectivity index (χ0n) is 38.4. The highest BCUT2D eigenvalue weighted by Crippen LogP contribution is 2.57. The van der Waals surface area contributed by atoms with E-state index in [1.807, 2.05) is 0 Å². The molecule has 0 radical (unpaired) electrons. The molecule has 61 heavy (non-hydrogen) atoms. The Kier molecular flexibility index (Phi) is 14.3. The minimum Gasteiger partial charge on any atom is -0.0654 e. The van der Waals surface area contributed by atoms with E-state index in [0.717, 1.165) is 0 Å². The fourth-order valence-corrected chi connectivity index (χ4v) is 11.8. The smallest absolute Gasteiger partial charge is 0.0215 e. The van der Waals surface area contributed by atoms with Crippen LogP contribution in [0.3, 0.4) is 0 Å². The van der Waals surface area contributed by atoms with Gasteiger partial charge in [-0.25, -0.2) is 0 Å². The third-order valence-corrected chi connectivity index (χ3v) is 15.2. The van der Waals surface area contributed by atoms with Crippen LogP contribution >= 0.6 is 0 Å². The second-order valence-electron chi connectivity index (χ2n) is 19.3. The standard InChI is InChI=1S/C61H74/c1-5-8-11-14-17-27-40-60(4)56-34-25-23-32-50(56)52-38-36-46(43-58(52)60)54-45-55(49-31-22-20-21-30-48(49)54)47-37-39-53-51-33-24-26-35-57(51)61(59(53)44-47,41-28-18-15-12-9-6-2)42-29-19-16-13-10-7-3/h20-26,30-39,43-45H,5-19,27-29,40-42H2,1-4H3. The van der Waals surface area contributed by atoms with Crippen LogP contribution in [0.15, 0.2) is 121 Å². The summed E-state index contributed by atoms with van der Waals surface area (Å²) in [5, 5.41) is 0. The molecule has 1 atom stereocenters. The van der Waals surface area contributed by atoms with Crippen molar-refractivity contribution in [3.63, 3.8) is 0 Å². The van der Waals surface area contributed by atoms with Crippen LogP contribution in [0.5, 0.6) is 0 Å². The molecule has 0 heteroatoms. The Morgan fingerprint density at radius 1 is 0.295 bits per heavy atom. The van der Waals surface area contributed by atoms with Crippen molar-refractivity contribution in [2.75, 3.05) is 0 Å². The molecule has 318 valence electrons. The molecular weight excluding hydrogens is 733 g/mol. The normalized spacial score (nSPS) is 15.8. The van der Waals surface area contributed by atoms with E-state index in [-0.39, 0.29) is 10.8 Å². The lowest BCUT2D eigenvalue weighted by atomic mass is 9.70. The van der Waals surface area contributed by atoms with Crippen molar-refractivity contribution in [3.05, 3.63) is 144 Å². The third-order valence-electron chi connectivity index (χ3n) is 15.2. The highest BCUT2D eigenvalue weighted by atomic mass is 14.5. The molecule has 0 nitrogen and oxygen atoms in total. The monoisotopic (exact) mass is 807 g/mol. The van der Waals surface area contributed by atoms with Crippen LogP contribution in [0, 0.1) is 0 Å². The van der Waals surface area contributed by atoms with Crippen molar-refractivity contribution in [1.29, 1.82) is 0 Å². The summed E-state index contributed by atoms with van der Waals surface area (Å²) in [4.78, 5) is 0. The van der Waals surface area contributed by atoms with E-state index in [0.29, 0.717) is 0 Å². The molecule has 0 fully saturated rings. The van der Waals surface area contributed by atoms with E-state index >= 15 is 0 Å². The highest BCUT2D eigenvalue weighted by Gasteiger charge is 2.43. The molecule has 8 rings (SSSR count). The second kappa shape index (κ2) is 20.2. The summed E-state index contributed by atoms with van der Waals surface area (Å²) in [7, 11) is 0. The number of rotatable bonds is 23. The van der Waals surface area contributed by atoms with Gasteiger partial charge in [0.1, 0.15) is 0 Å². The molecule has 0 spiro atoms. The molecule has 0 saturated carbocycles. The van der Waals surface area contributed by atoms with Gasteiger partial charge in [-0.15, -0.1) is 0 Å². The maximum Gasteiger partial charge on any atom is 0.0215 e. The lowest BCUT2D eigenvalue weighted by molar-refractivity contribution is 0.398. The first kappa shape index (κ1) is 43.2. The molecule has 0 bridgehead atoms. The van der Waals surface area contributed by atoms with E-state index < -0.39 is 0 Å². The summed E-state index contributed by atoms with van der Waals surface area (Å²) < 4.78 is 0. The molecule has 4 aliphatic carbocycles. The molecule has 4 aliphatic rings. The van der Waals surface area contributed by atoms with Gasteiger partial charge in [0.15, 0.2) is 0 Å². The molecule has 0 N–H and O–H groups in total. The average molecular weight is 807 g/mol.